The lowest BCUT2D eigenvalue weighted by molar-refractivity contribution is -0.140. The molecule has 0 aliphatic rings. The molecule has 0 unspecified atom stereocenters. The number of halogens is 1. The Morgan fingerprint density at radius 1 is 1.00 bits per heavy atom. The van der Waals surface area contributed by atoms with Crippen molar-refractivity contribution in [2.45, 2.75) is 57.6 Å². The summed E-state index contributed by atoms with van der Waals surface area (Å²) >= 11 is 0. The fourth-order valence-corrected chi connectivity index (χ4v) is 5.41. The van der Waals surface area contributed by atoms with Crippen molar-refractivity contribution >= 4 is 27.5 Å². The molecule has 3 aromatic carbocycles. The van der Waals surface area contributed by atoms with Crippen molar-refractivity contribution in [3.8, 4) is 5.75 Å². The second-order valence-corrected chi connectivity index (χ2v) is 12.5. The normalized spacial score (nSPS) is 12.4. The molecule has 0 heterocycles. The largest absolute Gasteiger partial charge is 0.497 e. The molecule has 0 saturated carbocycles. The number of rotatable bonds is 10. The zero-order valence-corrected chi connectivity index (χ0v) is 24.5. The standard InChI is InChI=1S/C30H36FN3O5S/c1-21-10-16-27(17-11-21)40(37,38)34(25-14-12-24(31)13-15-25)20-28(35)33(22(2)29(36)32-30(3,4)5)19-23-8-7-9-26(18-23)39-6/h7-18,22H,19-20H2,1-6H3,(H,32,36)/t22-/m0/s1. The minimum absolute atomic E-state index is 0.0203. The minimum Gasteiger partial charge on any atom is -0.497 e. The van der Waals surface area contributed by atoms with E-state index in [1.165, 1.54) is 36.3 Å². The van der Waals surface area contributed by atoms with E-state index in [1.807, 2.05) is 27.7 Å². The first-order valence-electron chi connectivity index (χ1n) is 12.8. The van der Waals surface area contributed by atoms with Crippen LogP contribution in [0.4, 0.5) is 10.1 Å². The number of ether oxygens (including phenoxy) is 1. The lowest BCUT2D eigenvalue weighted by Gasteiger charge is -2.33. The molecule has 0 aliphatic heterocycles. The number of hydrogen-bond donors (Lipinski definition) is 1. The maximum absolute atomic E-state index is 13.9. The summed E-state index contributed by atoms with van der Waals surface area (Å²) in [5.41, 5.74) is 1.12. The van der Waals surface area contributed by atoms with Gasteiger partial charge in [-0.1, -0.05) is 29.8 Å². The van der Waals surface area contributed by atoms with Gasteiger partial charge in [0.15, 0.2) is 0 Å². The predicted molar refractivity (Wildman–Crippen MR) is 153 cm³/mol. The number of hydrogen-bond acceptors (Lipinski definition) is 5. The summed E-state index contributed by atoms with van der Waals surface area (Å²) in [6.45, 7) is 8.33. The van der Waals surface area contributed by atoms with E-state index in [9.17, 15) is 22.4 Å². The number of sulfonamides is 1. The van der Waals surface area contributed by atoms with Gasteiger partial charge in [-0.15, -0.1) is 0 Å². The van der Waals surface area contributed by atoms with Crippen molar-refractivity contribution in [2.24, 2.45) is 0 Å². The van der Waals surface area contributed by atoms with Crippen molar-refractivity contribution < 1.29 is 27.1 Å². The van der Waals surface area contributed by atoms with E-state index >= 15 is 0 Å². The summed E-state index contributed by atoms with van der Waals surface area (Å²) in [7, 11) is -2.70. The van der Waals surface area contributed by atoms with Crippen LogP contribution in [0.5, 0.6) is 5.75 Å². The molecule has 0 bridgehead atoms. The molecule has 40 heavy (non-hydrogen) atoms. The van der Waals surface area contributed by atoms with E-state index in [0.29, 0.717) is 11.3 Å². The third-order valence-corrected chi connectivity index (χ3v) is 7.94. The Balaban J connectivity index is 2.04. The van der Waals surface area contributed by atoms with Gasteiger partial charge >= 0.3 is 0 Å². The van der Waals surface area contributed by atoms with Crippen molar-refractivity contribution in [2.75, 3.05) is 18.0 Å². The van der Waals surface area contributed by atoms with E-state index in [2.05, 4.69) is 5.32 Å². The second kappa shape index (κ2) is 12.5. The fraction of sp³-hybridized carbons (Fsp3) is 0.333. The molecule has 10 heteroatoms. The molecule has 8 nitrogen and oxygen atoms in total. The third-order valence-electron chi connectivity index (χ3n) is 6.16. The number of benzene rings is 3. The molecule has 214 valence electrons. The van der Waals surface area contributed by atoms with Gasteiger partial charge in [0.2, 0.25) is 11.8 Å². The average Bonchev–Trinajstić information content (AvgIpc) is 2.89. The Kier molecular flexibility index (Phi) is 9.57. The molecule has 3 aromatic rings. The quantitative estimate of drug-likeness (QED) is 0.383. The molecule has 1 atom stereocenters. The Bertz CT molecular complexity index is 1440. The number of carbonyl (C=O) groups excluding carboxylic acids is 2. The van der Waals surface area contributed by atoms with E-state index < -0.39 is 45.8 Å². The molecule has 0 saturated heterocycles. The second-order valence-electron chi connectivity index (χ2n) is 10.6. The summed E-state index contributed by atoms with van der Waals surface area (Å²) in [4.78, 5) is 28.4. The van der Waals surface area contributed by atoms with Gasteiger partial charge in [0.05, 0.1) is 17.7 Å². The van der Waals surface area contributed by atoms with Gasteiger partial charge in [-0.3, -0.25) is 13.9 Å². The van der Waals surface area contributed by atoms with E-state index in [-0.39, 0.29) is 17.1 Å². The number of nitrogens with zero attached hydrogens (tertiary/aromatic N) is 2. The lowest BCUT2D eigenvalue weighted by atomic mass is 10.1. The topological polar surface area (TPSA) is 96.0 Å². The van der Waals surface area contributed by atoms with Crippen LogP contribution in [-0.2, 0) is 26.2 Å². The first kappa shape index (κ1) is 30.6. The van der Waals surface area contributed by atoms with Crippen LogP contribution in [0.15, 0.2) is 77.7 Å². The van der Waals surface area contributed by atoms with Gasteiger partial charge in [-0.05, 0) is 88.7 Å². The Hall–Kier alpha value is -3.92. The van der Waals surface area contributed by atoms with E-state index in [1.54, 1.807) is 43.3 Å². The monoisotopic (exact) mass is 569 g/mol. The summed E-state index contributed by atoms with van der Waals surface area (Å²) in [5.74, 6) is -0.973. The van der Waals surface area contributed by atoms with Crippen molar-refractivity contribution in [1.82, 2.24) is 10.2 Å². The smallest absolute Gasteiger partial charge is 0.264 e. The molecule has 3 rings (SSSR count). The van der Waals surface area contributed by atoms with Crippen molar-refractivity contribution in [1.29, 1.82) is 0 Å². The minimum atomic E-state index is -4.23. The molecule has 0 aromatic heterocycles. The number of amides is 2. The van der Waals surface area contributed by atoms with Crippen LogP contribution in [0.1, 0.15) is 38.8 Å². The summed E-state index contributed by atoms with van der Waals surface area (Å²) in [5, 5.41) is 2.88. The Morgan fingerprint density at radius 3 is 2.20 bits per heavy atom. The van der Waals surface area contributed by atoms with E-state index in [4.69, 9.17) is 4.74 Å². The lowest BCUT2D eigenvalue weighted by Crippen LogP contribution is -2.54. The van der Waals surface area contributed by atoms with Gasteiger partial charge in [0.25, 0.3) is 10.0 Å². The maximum Gasteiger partial charge on any atom is 0.264 e. The highest BCUT2D eigenvalue weighted by atomic mass is 32.2. The predicted octanol–water partition coefficient (Wildman–Crippen LogP) is 4.67. The number of nitrogens with one attached hydrogen (secondary N) is 1. The Morgan fingerprint density at radius 2 is 1.62 bits per heavy atom. The summed E-state index contributed by atoms with van der Waals surface area (Å²) in [6.07, 6.45) is 0. The van der Waals surface area contributed by atoms with Gasteiger partial charge in [-0.2, -0.15) is 0 Å². The average molecular weight is 570 g/mol. The van der Waals surface area contributed by atoms with Crippen LogP contribution >= 0.6 is 0 Å². The fourth-order valence-electron chi connectivity index (χ4n) is 4.00. The maximum atomic E-state index is 13.9. The van der Waals surface area contributed by atoms with Crippen LogP contribution in [0, 0.1) is 12.7 Å². The zero-order chi connectivity index (χ0) is 29.7. The Labute approximate surface area is 235 Å². The molecule has 0 aliphatic carbocycles. The first-order valence-corrected chi connectivity index (χ1v) is 14.2. The molecule has 2 amide bonds. The first-order chi connectivity index (χ1) is 18.7. The molecular weight excluding hydrogens is 533 g/mol. The van der Waals surface area contributed by atoms with Crippen molar-refractivity contribution in [3.63, 3.8) is 0 Å². The molecule has 0 radical (unpaired) electrons. The van der Waals surface area contributed by atoms with Crippen LogP contribution in [0.25, 0.3) is 0 Å². The summed E-state index contributed by atoms with van der Waals surface area (Å²) < 4.78 is 47.6. The third kappa shape index (κ3) is 7.81. The molecular formula is C30H36FN3O5S. The molecule has 0 spiro atoms. The number of methoxy groups -OCH3 is 1. The van der Waals surface area contributed by atoms with Crippen LogP contribution in [0.2, 0.25) is 0 Å². The number of anilines is 1. The highest BCUT2D eigenvalue weighted by Crippen LogP contribution is 2.25. The van der Waals surface area contributed by atoms with Gasteiger partial charge in [0.1, 0.15) is 24.2 Å². The van der Waals surface area contributed by atoms with Crippen molar-refractivity contribution in [3.05, 3.63) is 89.7 Å². The van der Waals surface area contributed by atoms with Gasteiger partial charge < -0.3 is 15.0 Å². The number of aryl methyl sites for hydroxylation is 1. The van der Waals surface area contributed by atoms with E-state index in [0.717, 1.165) is 22.0 Å². The van der Waals surface area contributed by atoms with Crippen LogP contribution in [0.3, 0.4) is 0 Å². The van der Waals surface area contributed by atoms with Crippen LogP contribution in [-0.4, -0.2) is 50.4 Å². The zero-order valence-electron chi connectivity index (χ0n) is 23.6. The van der Waals surface area contributed by atoms with Gasteiger partial charge in [0, 0.05) is 12.1 Å². The molecule has 0 fully saturated rings. The molecule has 1 N–H and O–H groups in total. The highest BCUT2D eigenvalue weighted by molar-refractivity contribution is 7.92. The highest BCUT2D eigenvalue weighted by Gasteiger charge is 2.33. The summed E-state index contributed by atoms with van der Waals surface area (Å²) in [6, 6.07) is 17.2. The van der Waals surface area contributed by atoms with Crippen LogP contribution < -0.4 is 14.4 Å². The van der Waals surface area contributed by atoms with Gasteiger partial charge in [-0.25, -0.2) is 12.8 Å². The SMILES string of the molecule is COc1cccc(CN(C(=O)CN(c2ccc(F)cc2)S(=O)(=O)c2ccc(C)cc2)[C@@H](C)C(=O)NC(C)(C)C)c1. The number of carbonyl (C=O) groups is 2.